The van der Waals surface area contributed by atoms with E-state index in [2.05, 4.69) is 73.9 Å². The van der Waals surface area contributed by atoms with Crippen LogP contribution in [-0.4, -0.2) is 36.7 Å². The average molecular weight is 851 g/mol. The van der Waals surface area contributed by atoms with E-state index >= 15 is 0 Å². The van der Waals surface area contributed by atoms with Crippen LogP contribution in [0.4, 0.5) is 0 Å². The number of carbonyl (C=O) groups excluding carboxylic acids is 2. The molecule has 0 amide bonds. The molecule has 0 aromatic carbocycles. The summed E-state index contributed by atoms with van der Waals surface area (Å²) in [5.41, 5.74) is 10.8. The first-order valence-corrected chi connectivity index (χ1v) is 17.2. The minimum Gasteiger partial charge on any atom is -0.700 e. The third-order valence-corrected chi connectivity index (χ3v) is 5.80. The van der Waals surface area contributed by atoms with E-state index in [9.17, 15) is 9.59 Å². The minimum absolute atomic E-state index is 0. The summed E-state index contributed by atoms with van der Waals surface area (Å²) in [5, 5.41) is 29.7. The van der Waals surface area contributed by atoms with Crippen LogP contribution in [0.3, 0.4) is 0 Å². The summed E-state index contributed by atoms with van der Waals surface area (Å²) in [6, 6.07) is 7.73. The molecule has 2 aromatic rings. The number of hydrogen-bond donors (Lipinski definition) is 0. The van der Waals surface area contributed by atoms with Crippen LogP contribution in [-0.2, 0) is 82.8 Å². The molecule has 3 rings (SSSR count). The number of rotatable bonds is 8. The fourth-order valence-electron chi connectivity index (χ4n) is 3.18. The predicted molar refractivity (Wildman–Crippen MR) is 207 cm³/mol. The number of esters is 2. The third kappa shape index (κ3) is 27.1. The fourth-order valence-corrected chi connectivity index (χ4v) is 3.90. The number of allylic oxidation sites excluding steroid dienone is 1. The van der Waals surface area contributed by atoms with Crippen molar-refractivity contribution in [2.24, 2.45) is 0 Å². The molecule has 0 fully saturated rings. The Morgan fingerprint density at radius 1 is 1.00 bits per heavy atom. The fraction of sp³-hybridized carbons (Fsp3) is 0.333. The Morgan fingerprint density at radius 3 is 2.08 bits per heavy atom. The summed E-state index contributed by atoms with van der Waals surface area (Å²) in [5.74, 6) is 5.28. The number of aryl methyl sites for hydroxylation is 1. The maximum Gasteiger partial charge on any atom is 5.00 e. The van der Waals surface area contributed by atoms with Crippen molar-refractivity contribution >= 4 is 61.2 Å². The predicted octanol–water partition coefficient (Wildman–Crippen LogP) is 8.06. The van der Waals surface area contributed by atoms with E-state index in [-0.39, 0.29) is 56.2 Å². The van der Waals surface area contributed by atoms with E-state index in [4.69, 9.17) is 31.0 Å². The van der Waals surface area contributed by atoms with Gasteiger partial charge in [-0.15, -0.1) is 17.9 Å². The van der Waals surface area contributed by atoms with Crippen molar-refractivity contribution in [3.05, 3.63) is 109 Å². The zero-order valence-corrected chi connectivity index (χ0v) is 34.6. The number of ether oxygens (including phenoxy) is 2. The number of thiocyanates is 3. The minimum atomic E-state index is -0.552. The molecular weight excluding hydrogens is 810 g/mol. The Labute approximate surface area is 336 Å². The van der Waals surface area contributed by atoms with Gasteiger partial charge >= 0.3 is 31.4 Å². The Balaban J connectivity index is -0.000000639. The van der Waals surface area contributed by atoms with Gasteiger partial charge in [-0.25, -0.2) is 25.4 Å². The number of hydrogen-bond acceptors (Lipinski definition) is 12. The summed E-state index contributed by atoms with van der Waals surface area (Å²) in [4.78, 5) is 31.2. The van der Waals surface area contributed by atoms with Crippen molar-refractivity contribution in [1.29, 1.82) is 15.8 Å². The van der Waals surface area contributed by atoms with Crippen LogP contribution in [0.25, 0.3) is 11.1 Å². The van der Waals surface area contributed by atoms with E-state index in [1.807, 2.05) is 45.0 Å². The van der Waals surface area contributed by atoms with Crippen LogP contribution >= 0.6 is 11.3 Å². The molecule has 0 bridgehead atoms. The molecule has 2 aromatic heterocycles. The zero-order valence-electron chi connectivity index (χ0n) is 29.6. The number of nitriles is 3. The van der Waals surface area contributed by atoms with Gasteiger partial charge in [0.2, 0.25) is 0 Å². The summed E-state index contributed by atoms with van der Waals surface area (Å²) in [6.45, 7) is 14.4. The molecular formula is C36H41N6O4RuS4. The van der Waals surface area contributed by atoms with Crippen molar-refractivity contribution in [3.8, 4) is 28.0 Å². The molecule has 0 atom stereocenters. The monoisotopic (exact) mass is 851 g/mol. The number of nitrogens with one attached hydrogen (secondary N) is 1. The van der Waals surface area contributed by atoms with Gasteiger partial charge in [-0.2, -0.15) is 11.4 Å². The van der Waals surface area contributed by atoms with Crippen LogP contribution in [0, 0.1) is 50.8 Å². The number of pyridine rings is 1. The molecule has 0 aliphatic carbocycles. The first-order valence-electron chi connectivity index (χ1n) is 15.2. The van der Waals surface area contributed by atoms with Crippen LogP contribution < -0.4 is 0 Å². The molecule has 3 heterocycles. The van der Waals surface area contributed by atoms with Gasteiger partial charge < -0.3 is 58.4 Å². The first kappa shape index (κ1) is 53.5. The largest absolute Gasteiger partial charge is 5.00 e. The molecule has 271 valence electrons. The van der Waals surface area contributed by atoms with Crippen LogP contribution in [0.15, 0.2) is 77.3 Å². The standard InChI is InChI=1S/C28H27N3O4S.C3H8.C2H6.3CHNS.Ru/c1-4-34-27(32)21(17-25(29)26-18-22(13-15-31-26)28(33)35-5-2)8-9-23-16-20(12-14-30-23)7-11-24-10-6-19(3)36-24;1-3-2;1-2;3*2-1-3;/h6,8,10,12-14,16-18,29H,4-5,9,15H2,1-3H3;3H2,1-2H3;1-2H3;3*3H;/q-2;;;;;;+5/p-3/b21-8+,25-17-;;;;;;. The molecule has 0 saturated heterocycles. The van der Waals surface area contributed by atoms with E-state index in [1.165, 1.54) is 39.7 Å². The van der Waals surface area contributed by atoms with Gasteiger partial charge in [-0.05, 0) is 45.0 Å². The smallest absolute Gasteiger partial charge is 0.700 e. The van der Waals surface area contributed by atoms with Gasteiger partial charge in [0.1, 0.15) is 0 Å². The molecule has 0 unspecified atom stereocenters. The molecule has 0 spiro atoms. The van der Waals surface area contributed by atoms with Crippen molar-refractivity contribution in [2.75, 3.05) is 19.8 Å². The molecule has 0 saturated carbocycles. The van der Waals surface area contributed by atoms with E-state index < -0.39 is 11.9 Å². The summed E-state index contributed by atoms with van der Waals surface area (Å²) in [7, 11) is 0. The zero-order chi connectivity index (χ0) is 38.7. The Hall–Kier alpha value is -4.34. The third-order valence-electron chi connectivity index (χ3n) is 4.88. The van der Waals surface area contributed by atoms with Gasteiger partial charge in [0.15, 0.2) is 0 Å². The maximum atomic E-state index is 12.6. The average Bonchev–Trinajstić information content (AvgIpc) is 3.53. The Kier molecular flexibility index (Phi) is 38.7. The molecule has 10 nitrogen and oxygen atoms in total. The second-order valence-electron chi connectivity index (χ2n) is 8.57. The summed E-state index contributed by atoms with van der Waals surface area (Å²) in [6.07, 6.45) is 9.46. The van der Waals surface area contributed by atoms with Crippen LogP contribution in [0.2, 0.25) is 0 Å². The number of thiophene rings is 1. The van der Waals surface area contributed by atoms with Crippen molar-refractivity contribution < 1.29 is 38.5 Å². The van der Waals surface area contributed by atoms with Crippen molar-refractivity contribution in [1.82, 2.24) is 4.98 Å². The summed E-state index contributed by atoms with van der Waals surface area (Å²) >= 11 is 12.7. The molecule has 1 N–H and O–H groups in total. The van der Waals surface area contributed by atoms with Gasteiger partial charge in [-0.1, -0.05) is 86.5 Å². The quantitative estimate of drug-likeness (QED) is 0.0478. The number of aromatic nitrogens is 1. The second-order valence-corrected chi connectivity index (χ2v) is 10.4. The van der Waals surface area contributed by atoms with E-state index in [1.54, 1.807) is 43.5 Å². The number of carbonyl (C=O) groups is 2. The van der Waals surface area contributed by atoms with Crippen LogP contribution in [0.5, 0.6) is 0 Å². The topological polar surface area (TPSA) is 175 Å². The van der Waals surface area contributed by atoms with E-state index in [0.29, 0.717) is 12.0 Å². The Bertz CT molecular complexity index is 1590. The molecule has 1 aliphatic rings. The van der Waals surface area contributed by atoms with Gasteiger partial charge in [0, 0.05) is 28.8 Å². The SMILES string of the molecule is CC.CCC.CCOC(=O)C1=CC[N-]C(/C([NH-])=C/C(=C\Cc2cc(C#Cc3ccc(C)s3)ccn2)C(=O)OCC)=C1.N#C[S-].N#C[S-].N#C[S-].[Ru+5]. The first-order chi connectivity index (χ1) is 24.0. The van der Waals surface area contributed by atoms with E-state index in [0.717, 1.165) is 16.1 Å². The van der Waals surface area contributed by atoms with Gasteiger partial charge in [0.25, 0.3) is 0 Å². The van der Waals surface area contributed by atoms with Crippen LogP contribution in [0.1, 0.15) is 69.0 Å². The molecule has 1 radical (unpaired) electrons. The second kappa shape index (κ2) is 36.9. The molecule has 15 heteroatoms. The Morgan fingerprint density at radius 2 is 1.57 bits per heavy atom. The van der Waals surface area contributed by atoms with Crippen molar-refractivity contribution in [3.63, 3.8) is 0 Å². The normalized spacial score (nSPS) is 10.4. The summed E-state index contributed by atoms with van der Waals surface area (Å²) < 4.78 is 10.2. The van der Waals surface area contributed by atoms with Gasteiger partial charge in [-0.3, -0.25) is 4.98 Å². The number of nitrogens with zero attached hydrogens (tertiary/aromatic N) is 5. The van der Waals surface area contributed by atoms with Gasteiger partial charge in [0.05, 0.1) is 29.2 Å². The molecule has 51 heavy (non-hydrogen) atoms. The molecule has 1 aliphatic heterocycles. The van der Waals surface area contributed by atoms with Crippen molar-refractivity contribution in [2.45, 2.75) is 61.3 Å². The maximum absolute atomic E-state index is 12.6.